The van der Waals surface area contributed by atoms with Crippen molar-refractivity contribution in [2.75, 3.05) is 0 Å². The normalized spacial score (nSPS) is 41.8. The Morgan fingerprint density at radius 1 is 1.62 bits per heavy atom. The van der Waals surface area contributed by atoms with Gasteiger partial charge in [-0.1, -0.05) is 24.3 Å². The third-order valence-electron chi connectivity index (χ3n) is 2.22. The molecule has 2 aliphatic carbocycles. The molecular weight excluding hydrogens is 96.1 g/mol. The average molecular weight is 106 g/mol. The summed E-state index contributed by atoms with van der Waals surface area (Å²) in [5.41, 5.74) is 1.47. The van der Waals surface area contributed by atoms with Crippen molar-refractivity contribution in [2.24, 2.45) is 11.8 Å². The minimum Gasteiger partial charge on any atom is -0.0989 e. The van der Waals surface area contributed by atoms with Gasteiger partial charge in [0.05, 0.1) is 0 Å². The van der Waals surface area contributed by atoms with Crippen LogP contribution in [0.2, 0.25) is 0 Å². The first-order valence-corrected chi connectivity index (χ1v) is 3.25. The van der Waals surface area contributed by atoms with Gasteiger partial charge in [0.2, 0.25) is 0 Å². The van der Waals surface area contributed by atoms with Crippen molar-refractivity contribution in [3.63, 3.8) is 0 Å². The maximum atomic E-state index is 3.96. The van der Waals surface area contributed by atoms with Crippen LogP contribution in [0, 0.1) is 11.8 Å². The summed E-state index contributed by atoms with van der Waals surface area (Å²) >= 11 is 0. The Morgan fingerprint density at radius 2 is 2.50 bits per heavy atom. The summed E-state index contributed by atoms with van der Waals surface area (Å²) in [6.45, 7) is 3.96. The number of hydrogen-bond donors (Lipinski definition) is 0. The molecule has 2 rings (SSSR count). The molecule has 0 N–H and O–H groups in total. The van der Waals surface area contributed by atoms with E-state index in [0.717, 1.165) is 11.8 Å². The Kier molecular flexibility index (Phi) is 0.682. The van der Waals surface area contributed by atoms with E-state index < -0.39 is 0 Å². The van der Waals surface area contributed by atoms with Crippen LogP contribution >= 0.6 is 0 Å². The van der Waals surface area contributed by atoms with Crippen molar-refractivity contribution in [1.82, 2.24) is 0 Å². The van der Waals surface area contributed by atoms with Crippen LogP contribution in [-0.2, 0) is 0 Å². The molecule has 2 aliphatic rings. The van der Waals surface area contributed by atoms with E-state index in [2.05, 4.69) is 18.7 Å². The second kappa shape index (κ2) is 1.25. The van der Waals surface area contributed by atoms with Gasteiger partial charge in [-0.3, -0.25) is 0 Å². The molecule has 42 valence electrons. The van der Waals surface area contributed by atoms with Gasteiger partial charge in [0.25, 0.3) is 0 Å². The zero-order valence-electron chi connectivity index (χ0n) is 4.93. The highest BCUT2D eigenvalue weighted by Crippen LogP contribution is 2.50. The molecule has 0 heterocycles. The lowest BCUT2D eigenvalue weighted by Gasteiger charge is -1.95. The molecule has 0 amide bonds. The van der Waals surface area contributed by atoms with E-state index in [9.17, 15) is 0 Å². The Labute approximate surface area is 49.9 Å². The van der Waals surface area contributed by atoms with Crippen LogP contribution in [0.25, 0.3) is 0 Å². The van der Waals surface area contributed by atoms with Crippen LogP contribution in [0.4, 0.5) is 0 Å². The fraction of sp³-hybridized carbons (Fsp3) is 0.500. The largest absolute Gasteiger partial charge is 0.0989 e. The van der Waals surface area contributed by atoms with E-state index in [0.29, 0.717) is 0 Å². The standard InChI is InChI=1S/C8H10/c1-6-7-4-2-3-5-8(6)7/h2,4,7-8H,1,3,5H2. The molecule has 1 fully saturated rings. The van der Waals surface area contributed by atoms with Gasteiger partial charge in [0.1, 0.15) is 0 Å². The van der Waals surface area contributed by atoms with Gasteiger partial charge in [-0.25, -0.2) is 0 Å². The SMILES string of the molecule is C=C1C2C=CCCC12. The maximum Gasteiger partial charge on any atom is 0.00429 e. The maximum absolute atomic E-state index is 3.96. The van der Waals surface area contributed by atoms with Crippen LogP contribution in [0.5, 0.6) is 0 Å². The van der Waals surface area contributed by atoms with E-state index >= 15 is 0 Å². The molecule has 0 bridgehead atoms. The fourth-order valence-corrected chi connectivity index (χ4v) is 1.54. The summed E-state index contributed by atoms with van der Waals surface area (Å²) in [6, 6.07) is 0. The second-order valence-electron chi connectivity index (χ2n) is 2.71. The molecule has 8 heavy (non-hydrogen) atoms. The lowest BCUT2D eigenvalue weighted by atomic mass is 10.1. The molecule has 0 aromatic rings. The van der Waals surface area contributed by atoms with E-state index in [1.165, 1.54) is 18.4 Å². The molecule has 0 nitrogen and oxygen atoms in total. The highest BCUT2D eigenvalue weighted by molar-refractivity contribution is 5.34. The van der Waals surface area contributed by atoms with Gasteiger partial charge in [-0.05, 0) is 18.8 Å². The molecule has 0 aliphatic heterocycles. The summed E-state index contributed by atoms with van der Waals surface area (Å²) in [5, 5.41) is 0. The summed E-state index contributed by atoms with van der Waals surface area (Å²) in [5.74, 6) is 1.68. The van der Waals surface area contributed by atoms with Crippen LogP contribution in [0.15, 0.2) is 24.3 Å². The van der Waals surface area contributed by atoms with Gasteiger partial charge in [-0.15, -0.1) is 0 Å². The molecular formula is C8H10. The van der Waals surface area contributed by atoms with Crippen molar-refractivity contribution in [3.8, 4) is 0 Å². The number of allylic oxidation sites excluding steroid dienone is 3. The van der Waals surface area contributed by atoms with Gasteiger partial charge in [0, 0.05) is 5.92 Å². The molecule has 2 unspecified atom stereocenters. The molecule has 0 radical (unpaired) electrons. The Bertz CT molecular complexity index is 153. The fourth-order valence-electron chi connectivity index (χ4n) is 1.54. The molecule has 2 atom stereocenters. The smallest absolute Gasteiger partial charge is 0.00429 e. The van der Waals surface area contributed by atoms with Crippen molar-refractivity contribution >= 4 is 0 Å². The van der Waals surface area contributed by atoms with E-state index in [4.69, 9.17) is 0 Å². The van der Waals surface area contributed by atoms with E-state index in [1.807, 2.05) is 0 Å². The van der Waals surface area contributed by atoms with E-state index in [1.54, 1.807) is 0 Å². The molecule has 0 aromatic heterocycles. The zero-order valence-corrected chi connectivity index (χ0v) is 4.93. The molecule has 0 spiro atoms. The topological polar surface area (TPSA) is 0 Å². The predicted octanol–water partition coefficient (Wildman–Crippen LogP) is 2.14. The van der Waals surface area contributed by atoms with Crippen molar-refractivity contribution in [2.45, 2.75) is 12.8 Å². The summed E-state index contributed by atoms with van der Waals surface area (Å²) in [4.78, 5) is 0. The monoisotopic (exact) mass is 106 g/mol. The third kappa shape index (κ3) is 0.405. The zero-order chi connectivity index (χ0) is 5.56. The van der Waals surface area contributed by atoms with Crippen molar-refractivity contribution in [3.05, 3.63) is 24.3 Å². The molecule has 1 saturated carbocycles. The average Bonchev–Trinajstić information content (AvgIpc) is 2.46. The van der Waals surface area contributed by atoms with Crippen LogP contribution < -0.4 is 0 Å². The van der Waals surface area contributed by atoms with Gasteiger partial charge in [-0.2, -0.15) is 0 Å². The number of hydrogen-bond acceptors (Lipinski definition) is 0. The van der Waals surface area contributed by atoms with Crippen LogP contribution in [0.3, 0.4) is 0 Å². The van der Waals surface area contributed by atoms with Crippen molar-refractivity contribution in [1.29, 1.82) is 0 Å². The Hall–Kier alpha value is -0.520. The van der Waals surface area contributed by atoms with Crippen LogP contribution in [0.1, 0.15) is 12.8 Å². The lowest BCUT2D eigenvalue weighted by molar-refractivity contribution is 0.689. The predicted molar refractivity (Wildman–Crippen MR) is 34.5 cm³/mol. The lowest BCUT2D eigenvalue weighted by Crippen LogP contribution is -1.83. The van der Waals surface area contributed by atoms with Crippen molar-refractivity contribution < 1.29 is 0 Å². The van der Waals surface area contributed by atoms with E-state index in [-0.39, 0.29) is 0 Å². The first kappa shape index (κ1) is 4.37. The minimum absolute atomic E-state index is 0.795. The van der Waals surface area contributed by atoms with Gasteiger partial charge < -0.3 is 0 Å². The highest BCUT2D eigenvalue weighted by Gasteiger charge is 2.40. The third-order valence-corrected chi connectivity index (χ3v) is 2.22. The Morgan fingerprint density at radius 3 is 3.00 bits per heavy atom. The van der Waals surface area contributed by atoms with Gasteiger partial charge in [0.15, 0.2) is 0 Å². The molecule has 0 heteroatoms. The minimum atomic E-state index is 0.795. The number of fused-ring (bicyclic) bond motifs is 1. The summed E-state index contributed by atoms with van der Waals surface area (Å²) < 4.78 is 0. The quantitative estimate of drug-likeness (QED) is 0.415. The second-order valence-corrected chi connectivity index (χ2v) is 2.71. The first-order chi connectivity index (χ1) is 3.89. The number of rotatable bonds is 0. The molecule has 0 saturated heterocycles. The molecule has 0 aromatic carbocycles. The van der Waals surface area contributed by atoms with Gasteiger partial charge >= 0.3 is 0 Å². The highest BCUT2D eigenvalue weighted by atomic mass is 14.4. The van der Waals surface area contributed by atoms with Crippen LogP contribution in [-0.4, -0.2) is 0 Å². The summed E-state index contributed by atoms with van der Waals surface area (Å²) in [7, 11) is 0. The Balaban J connectivity index is 2.23. The first-order valence-electron chi connectivity index (χ1n) is 3.25. The summed E-state index contributed by atoms with van der Waals surface area (Å²) in [6.07, 6.45) is 7.22.